The zero-order valence-electron chi connectivity index (χ0n) is 15.5. The van der Waals surface area contributed by atoms with Crippen molar-refractivity contribution in [1.29, 1.82) is 0 Å². The van der Waals surface area contributed by atoms with Crippen LogP contribution in [0.5, 0.6) is 0 Å². The molecule has 4 rings (SSSR count). The maximum atomic E-state index is 13.2. The van der Waals surface area contributed by atoms with Gasteiger partial charge in [-0.3, -0.25) is 9.59 Å². The number of rotatable bonds is 4. The molecular formula is C18H20N4O5S. The lowest BCUT2D eigenvalue weighted by Gasteiger charge is -2.23. The van der Waals surface area contributed by atoms with E-state index < -0.39 is 22.0 Å². The second-order valence-electron chi connectivity index (χ2n) is 7.01. The highest BCUT2D eigenvalue weighted by Crippen LogP contribution is 2.33. The van der Waals surface area contributed by atoms with Crippen LogP contribution >= 0.6 is 0 Å². The fourth-order valence-corrected chi connectivity index (χ4v) is 5.37. The summed E-state index contributed by atoms with van der Waals surface area (Å²) in [6.07, 6.45) is 1.18. The molecular weight excluding hydrogens is 384 g/mol. The molecule has 1 saturated heterocycles. The van der Waals surface area contributed by atoms with Gasteiger partial charge in [0.25, 0.3) is 0 Å². The summed E-state index contributed by atoms with van der Waals surface area (Å²) < 4.78 is 32.5. The Labute approximate surface area is 162 Å². The third-order valence-corrected chi connectivity index (χ3v) is 7.02. The number of likely N-dealkylation sites (N-methyl/N-ethyl adjacent to an activating group) is 1. The number of nitrogens with zero attached hydrogens (tertiary/aromatic N) is 3. The van der Waals surface area contributed by atoms with E-state index in [-0.39, 0.29) is 29.6 Å². The number of amides is 2. The Morgan fingerprint density at radius 1 is 1.32 bits per heavy atom. The Bertz CT molecular complexity index is 1060. The highest BCUT2D eigenvalue weighted by Gasteiger charge is 2.40. The summed E-state index contributed by atoms with van der Waals surface area (Å²) in [7, 11) is -2.22. The van der Waals surface area contributed by atoms with Gasteiger partial charge in [-0.1, -0.05) is 5.16 Å². The van der Waals surface area contributed by atoms with Crippen molar-refractivity contribution >= 4 is 33.3 Å². The van der Waals surface area contributed by atoms with Crippen LogP contribution in [0.25, 0.3) is 0 Å². The maximum Gasteiger partial charge on any atom is 0.244 e. The molecule has 0 saturated carbocycles. The number of hydrogen-bond acceptors (Lipinski definition) is 6. The predicted octanol–water partition coefficient (Wildman–Crippen LogP) is 1.29. The molecule has 2 aliphatic heterocycles. The van der Waals surface area contributed by atoms with Crippen LogP contribution in [0.2, 0.25) is 0 Å². The summed E-state index contributed by atoms with van der Waals surface area (Å²) in [6.45, 7) is 1.96. The van der Waals surface area contributed by atoms with Crippen LogP contribution in [0, 0.1) is 6.92 Å². The van der Waals surface area contributed by atoms with Gasteiger partial charge in [-0.15, -0.1) is 0 Å². The van der Waals surface area contributed by atoms with E-state index in [1.807, 2.05) is 0 Å². The number of fused-ring (bicyclic) bond motifs is 1. The fourth-order valence-electron chi connectivity index (χ4n) is 3.67. The summed E-state index contributed by atoms with van der Waals surface area (Å²) >= 11 is 0. The largest absolute Gasteiger partial charge is 0.360 e. The zero-order chi connectivity index (χ0) is 20.1. The minimum Gasteiger partial charge on any atom is -0.360 e. The fraction of sp³-hybridized carbons (Fsp3) is 0.389. The molecule has 2 amide bonds. The third-order valence-electron chi connectivity index (χ3n) is 5.12. The first-order valence-electron chi connectivity index (χ1n) is 8.93. The monoisotopic (exact) mass is 404 g/mol. The molecule has 10 heteroatoms. The molecule has 2 aliphatic rings. The summed E-state index contributed by atoms with van der Waals surface area (Å²) in [5.74, 6) is 0.283. The first-order valence-corrected chi connectivity index (χ1v) is 10.4. The molecule has 0 aliphatic carbocycles. The number of sulfonamides is 1. The van der Waals surface area contributed by atoms with Gasteiger partial charge in [0.2, 0.25) is 21.8 Å². The summed E-state index contributed by atoms with van der Waals surface area (Å²) in [6, 6.07) is 5.40. The van der Waals surface area contributed by atoms with Crippen molar-refractivity contribution in [1.82, 2.24) is 9.46 Å². The standard InChI is InChI=1S/C18H20N4O5S/c1-11-8-16(20-27-11)19-18(24)15-4-3-7-22(15)28(25,26)13-5-6-14-12(9-13)10-17(23)21(14)2/h5-6,8-9,15H,3-4,7,10H2,1-2H3,(H,19,20,24)/t15-/m0/s1. The van der Waals surface area contributed by atoms with Crippen molar-refractivity contribution < 1.29 is 22.5 Å². The van der Waals surface area contributed by atoms with Crippen LogP contribution in [-0.4, -0.2) is 49.3 Å². The summed E-state index contributed by atoms with van der Waals surface area (Å²) in [4.78, 5) is 26.1. The highest BCUT2D eigenvalue weighted by molar-refractivity contribution is 7.89. The minimum absolute atomic E-state index is 0.0779. The number of carbonyl (C=O) groups is 2. The van der Waals surface area contributed by atoms with Gasteiger partial charge in [0.1, 0.15) is 11.8 Å². The van der Waals surface area contributed by atoms with E-state index in [4.69, 9.17) is 4.52 Å². The lowest BCUT2D eigenvalue weighted by atomic mass is 10.2. The second-order valence-corrected chi connectivity index (χ2v) is 8.90. The molecule has 0 spiro atoms. The van der Waals surface area contributed by atoms with Crippen molar-refractivity contribution in [2.24, 2.45) is 0 Å². The molecule has 0 radical (unpaired) electrons. The molecule has 1 atom stereocenters. The summed E-state index contributed by atoms with van der Waals surface area (Å²) in [5.41, 5.74) is 1.38. The number of aryl methyl sites for hydroxylation is 1. The average Bonchev–Trinajstić information content (AvgIpc) is 3.35. The Balaban J connectivity index is 1.59. The van der Waals surface area contributed by atoms with Crippen molar-refractivity contribution in [2.45, 2.75) is 37.1 Å². The number of aromatic nitrogens is 1. The topological polar surface area (TPSA) is 113 Å². The van der Waals surface area contributed by atoms with E-state index in [1.165, 1.54) is 21.3 Å². The van der Waals surface area contributed by atoms with Gasteiger partial charge in [0.05, 0.1) is 11.3 Å². The van der Waals surface area contributed by atoms with E-state index in [0.717, 1.165) is 0 Å². The lowest BCUT2D eigenvalue weighted by molar-refractivity contribution is -0.119. The van der Waals surface area contributed by atoms with Crippen molar-refractivity contribution in [3.05, 3.63) is 35.6 Å². The van der Waals surface area contributed by atoms with Gasteiger partial charge < -0.3 is 14.7 Å². The normalized spacial score (nSPS) is 19.9. The van der Waals surface area contributed by atoms with Gasteiger partial charge in [0, 0.05) is 25.3 Å². The van der Waals surface area contributed by atoms with E-state index in [9.17, 15) is 18.0 Å². The van der Waals surface area contributed by atoms with Gasteiger partial charge in [-0.05, 0) is 43.5 Å². The van der Waals surface area contributed by atoms with E-state index in [1.54, 1.807) is 26.1 Å². The Kier molecular flexibility index (Phi) is 4.47. The quantitative estimate of drug-likeness (QED) is 0.822. The number of hydrogen-bond donors (Lipinski definition) is 1. The van der Waals surface area contributed by atoms with Gasteiger partial charge in [-0.25, -0.2) is 8.42 Å². The van der Waals surface area contributed by atoms with E-state index in [2.05, 4.69) is 10.5 Å². The van der Waals surface area contributed by atoms with Crippen LogP contribution in [0.3, 0.4) is 0 Å². The van der Waals surface area contributed by atoms with Crippen LogP contribution in [-0.2, 0) is 26.0 Å². The molecule has 1 N–H and O–H groups in total. The lowest BCUT2D eigenvalue weighted by Crippen LogP contribution is -2.43. The molecule has 1 fully saturated rings. The molecule has 28 heavy (non-hydrogen) atoms. The second kappa shape index (κ2) is 6.71. The predicted molar refractivity (Wildman–Crippen MR) is 100 cm³/mol. The van der Waals surface area contributed by atoms with Crippen molar-refractivity contribution in [2.75, 3.05) is 23.8 Å². The first-order chi connectivity index (χ1) is 13.3. The highest BCUT2D eigenvalue weighted by atomic mass is 32.2. The van der Waals surface area contributed by atoms with Gasteiger partial charge >= 0.3 is 0 Å². The van der Waals surface area contributed by atoms with Crippen molar-refractivity contribution in [3.8, 4) is 0 Å². The molecule has 2 aromatic rings. The van der Waals surface area contributed by atoms with Crippen LogP contribution in [0.1, 0.15) is 24.2 Å². The molecule has 3 heterocycles. The van der Waals surface area contributed by atoms with Gasteiger partial charge in [0.15, 0.2) is 5.82 Å². The first kappa shape index (κ1) is 18.6. The Morgan fingerprint density at radius 3 is 2.82 bits per heavy atom. The number of anilines is 2. The Morgan fingerprint density at radius 2 is 2.11 bits per heavy atom. The molecule has 0 bridgehead atoms. The van der Waals surface area contributed by atoms with E-state index >= 15 is 0 Å². The summed E-state index contributed by atoms with van der Waals surface area (Å²) in [5, 5.41) is 6.32. The van der Waals surface area contributed by atoms with Crippen LogP contribution < -0.4 is 10.2 Å². The molecule has 1 aromatic carbocycles. The zero-order valence-corrected chi connectivity index (χ0v) is 16.3. The SMILES string of the molecule is Cc1cc(NC(=O)[C@@H]2CCCN2S(=O)(=O)c2ccc3c(c2)CC(=O)N3C)no1. The minimum atomic E-state index is -3.88. The molecule has 1 aromatic heterocycles. The molecule has 148 valence electrons. The average molecular weight is 404 g/mol. The Hall–Kier alpha value is -2.72. The van der Waals surface area contributed by atoms with Gasteiger partial charge in [-0.2, -0.15) is 4.31 Å². The maximum absolute atomic E-state index is 13.2. The van der Waals surface area contributed by atoms with Crippen LogP contribution in [0.15, 0.2) is 33.7 Å². The smallest absolute Gasteiger partial charge is 0.244 e. The van der Waals surface area contributed by atoms with Crippen molar-refractivity contribution in [3.63, 3.8) is 0 Å². The van der Waals surface area contributed by atoms with E-state index in [0.29, 0.717) is 29.9 Å². The number of benzene rings is 1. The molecule has 9 nitrogen and oxygen atoms in total. The van der Waals surface area contributed by atoms with Crippen LogP contribution in [0.4, 0.5) is 11.5 Å². The third kappa shape index (κ3) is 3.08. The number of carbonyl (C=O) groups excluding carboxylic acids is 2. The molecule has 0 unspecified atom stereocenters. The number of nitrogens with one attached hydrogen (secondary N) is 1.